The van der Waals surface area contributed by atoms with Crippen molar-refractivity contribution in [3.05, 3.63) is 96.1 Å². The molecule has 3 aromatic rings. The van der Waals surface area contributed by atoms with Gasteiger partial charge < -0.3 is 5.32 Å². The number of carbonyl (C=O) groups excluding carboxylic acids is 2. The molecule has 4 rings (SSSR count). The molecule has 1 aliphatic rings. The van der Waals surface area contributed by atoms with Crippen LogP contribution >= 0.6 is 0 Å². The summed E-state index contributed by atoms with van der Waals surface area (Å²) in [5, 5.41) is 13.4. The highest BCUT2D eigenvalue weighted by Crippen LogP contribution is 2.36. The van der Waals surface area contributed by atoms with E-state index in [-0.39, 0.29) is 11.8 Å². The van der Waals surface area contributed by atoms with E-state index in [1.54, 1.807) is 0 Å². The molecule has 1 heterocycles. The second kappa shape index (κ2) is 10.7. The van der Waals surface area contributed by atoms with Crippen LogP contribution in [0.15, 0.2) is 90.0 Å². The fraction of sp³-hybridized carbons (Fsp3) is 0.276. The lowest BCUT2D eigenvalue weighted by molar-refractivity contribution is -0.129. The first kappa shape index (κ1) is 25.1. The van der Waals surface area contributed by atoms with Crippen molar-refractivity contribution in [1.29, 1.82) is 0 Å². The standard InChI is InChI=1S/C29H33N5O2/c1-5-32(6-2)34(26-20-14-13-15-22(26)3)29(30-23(4)35)27(21-24-16-9-7-10-17-24)31-33(28(29)36)25-18-11-8-12-19-25/h7-20H,5-6,21H2,1-4H3,(H,30,35). The number of amides is 2. The molecule has 0 radical (unpaired) electrons. The van der Waals surface area contributed by atoms with E-state index in [1.165, 1.54) is 11.9 Å². The average Bonchev–Trinajstić information content (AvgIpc) is 3.15. The summed E-state index contributed by atoms with van der Waals surface area (Å²) < 4.78 is 0. The zero-order chi connectivity index (χ0) is 25.7. The van der Waals surface area contributed by atoms with Crippen molar-refractivity contribution in [3.8, 4) is 0 Å². The van der Waals surface area contributed by atoms with E-state index in [0.29, 0.717) is 30.9 Å². The van der Waals surface area contributed by atoms with Crippen molar-refractivity contribution in [2.45, 2.75) is 39.8 Å². The van der Waals surface area contributed by atoms with E-state index in [0.717, 1.165) is 16.8 Å². The highest BCUT2D eigenvalue weighted by molar-refractivity contribution is 6.26. The Labute approximate surface area is 213 Å². The van der Waals surface area contributed by atoms with Crippen LogP contribution in [0.3, 0.4) is 0 Å². The van der Waals surface area contributed by atoms with E-state index >= 15 is 0 Å². The Balaban J connectivity index is 1.99. The Kier molecular flexibility index (Phi) is 7.50. The van der Waals surface area contributed by atoms with E-state index in [9.17, 15) is 9.59 Å². The number of carbonyl (C=O) groups is 2. The molecule has 36 heavy (non-hydrogen) atoms. The maximum Gasteiger partial charge on any atom is 0.301 e. The first-order valence-electron chi connectivity index (χ1n) is 12.3. The first-order chi connectivity index (χ1) is 17.4. The van der Waals surface area contributed by atoms with Crippen molar-refractivity contribution in [1.82, 2.24) is 10.3 Å². The van der Waals surface area contributed by atoms with Crippen LogP contribution in [-0.2, 0) is 16.0 Å². The summed E-state index contributed by atoms with van der Waals surface area (Å²) in [4.78, 5) is 27.4. The van der Waals surface area contributed by atoms with Gasteiger partial charge in [0.1, 0.15) is 5.71 Å². The van der Waals surface area contributed by atoms with Gasteiger partial charge in [0, 0.05) is 26.4 Å². The van der Waals surface area contributed by atoms with Crippen molar-refractivity contribution in [2.75, 3.05) is 23.1 Å². The Bertz CT molecular complexity index is 1240. The van der Waals surface area contributed by atoms with Gasteiger partial charge in [0.15, 0.2) is 0 Å². The van der Waals surface area contributed by atoms with Gasteiger partial charge in [0.25, 0.3) is 5.66 Å². The van der Waals surface area contributed by atoms with Crippen LogP contribution in [0.5, 0.6) is 0 Å². The molecule has 1 atom stereocenters. The predicted molar refractivity (Wildman–Crippen MR) is 145 cm³/mol. The normalized spacial score (nSPS) is 17.3. The monoisotopic (exact) mass is 483 g/mol. The molecule has 0 fully saturated rings. The van der Waals surface area contributed by atoms with Gasteiger partial charge >= 0.3 is 5.91 Å². The second-order valence-corrected chi connectivity index (χ2v) is 8.79. The minimum absolute atomic E-state index is 0.315. The SMILES string of the molecule is CCN(CC)N(c1ccccc1C)C1(NC(C)=O)C(=O)N(c2ccccc2)N=C1Cc1ccccc1. The molecule has 0 saturated carbocycles. The first-order valence-corrected chi connectivity index (χ1v) is 12.3. The van der Waals surface area contributed by atoms with Gasteiger partial charge in [-0.2, -0.15) is 10.1 Å². The summed E-state index contributed by atoms with van der Waals surface area (Å²) in [5.41, 5.74) is 2.46. The molecular formula is C29H33N5O2. The Morgan fingerprint density at radius 2 is 1.50 bits per heavy atom. The largest absolute Gasteiger partial charge is 0.320 e. The number of hydrogen-bond acceptors (Lipinski definition) is 5. The number of hydrazine groups is 1. The minimum atomic E-state index is -1.55. The lowest BCUT2D eigenvalue weighted by Gasteiger charge is -2.47. The highest BCUT2D eigenvalue weighted by Gasteiger charge is 2.58. The van der Waals surface area contributed by atoms with Crippen LogP contribution < -0.4 is 15.3 Å². The summed E-state index contributed by atoms with van der Waals surface area (Å²) in [6.45, 7) is 8.79. The quantitative estimate of drug-likeness (QED) is 0.359. The van der Waals surface area contributed by atoms with E-state index in [2.05, 4.69) is 10.3 Å². The summed E-state index contributed by atoms with van der Waals surface area (Å²) in [7, 11) is 0. The molecule has 1 N–H and O–H groups in total. The molecular weight excluding hydrogens is 450 g/mol. The fourth-order valence-electron chi connectivity index (χ4n) is 4.71. The van der Waals surface area contributed by atoms with E-state index in [1.807, 2.05) is 111 Å². The lowest BCUT2D eigenvalue weighted by Crippen LogP contribution is -2.74. The van der Waals surface area contributed by atoms with Crippen molar-refractivity contribution in [3.63, 3.8) is 0 Å². The van der Waals surface area contributed by atoms with Crippen LogP contribution in [-0.4, -0.2) is 41.3 Å². The molecule has 0 aromatic heterocycles. The molecule has 0 saturated heterocycles. The molecule has 0 spiro atoms. The van der Waals surface area contributed by atoms with Crippen LogP contribution in [0.1, 0.15) is 31.9 Å². The highest BCUT2D eigenvalue weighted by atomic mass is 16.2. The number of hydrazone groups is 1. The second-order valence-electron chi connectivity index (χ2n) is 8.79. The summed E-state index contributed by atoms with van der Waals surface area (Å²) in [6, 6.07) is 27.1. The zero-order valence-electron chi connectivity index (χ0n) is 21.3. The number of nitrogens with one attached hydrogen (secondary N) is 1. The summed E-state index contributed by atoms with van der Waals surface area (Å²) >= 11 is 0. The van der Waals surface area contributed by atoms with Gasteiger partial charge in [-0.25, -0.2) is 5.01 Å². The van der Waals surface area contributed by atoms with Crippen LogP contribution in [0.25, 0.3) is 0 Å². The summed E-state index contributed by atoms with van der Waals surface area (Å²) in [6.07, 6.45) is 0.389. The molecule has 7 heteroatoms. The third kappa shape index (κ3) is 4.62. The number of aryl methyl sites for hydroxylation is 1. The molecule has 186 valence electrons. The number of hydrogen-bond donors (Lipinski definition) is 1. The minimum Gasteiger partial charge on any atom is -0.320 e. The third-order valence-corrected chi connectivity index (χ3v) is 6.39. The Morgan fingerprint density at radius 3 is 2.08 bits per heavy atom. The molecule has 0 bridgehead atoms. The predicted octanol–water partition coefficient (Wildman–Crippen LogP) is 4.54. The van der Waals surface area contributed by atoms with Gasteiger partial charge in [-0.3, -0.25) is 14.6 Å². The van der Waals surface area contributed by atoms with Crippen LogP contribution in [0.2, 0.25) is 0 Å². The van der Waals surface area contributed by atoms with Gasteiger partial charge in [-0.05, 0) is 36.2 Å². The van der Waals surface area contributed by atoms with Crippen molar-refractivity contribution < 1.29 is 9.59 Å². The average molecular weight is 484 g/mol. The van der Waals surface area contributed by atoms with Crippen LogP contribution in [0.4, 0.5) is 11.4 Å². The van der Waals surface area contributed by atoms with Gasteiger partial charge in [0.05, 0.1) is 11.4 Å². The maximum absolute atomic E-state index is 14.6. The van der Waals surface area contributed by atoms with E-state index < -0.39 is 5.66 Å². The number of benzene rings is 3. The van der Waals surface area contributed by atoms with Crippen molar-refractivity contribution >= 4 is 28.9 Å². The molecule has 0 aliphatic carbocycles. The molecule has 2 amide bonds. The Morgan fingerprint density at radius 1 is 0.917 bits per heavy atom. The number of para-hydroxylation sites is 2. The number of nitrogens with zero attached hydrogens (tertiary/aromatic N) is 4. The topological polar surface area (TPSA) is 68.2 Å². The zero-order valence-corrected chi connectivity index (χ0v) is 21.3. The molecule has 1 unspecified atom stereocenters. The maximum atomic E-state index is 14.6. The smallest absolute Gasteiger partial charge is 0.301 e. The van der Waals surface area contributed by atoms with Crippen LogP contribution in [0, 0.1) is 6.92 Å². The molecule has 3 aromatic carbocycles. The lowest BCUT2D eigenvalue weighted by atomic mass is 9.94. The van der Waals surface area contributed by atoms with E-state index in [4.69, 9.17) is 5.10 Å². The number of anilines is 2. The third-order valence-electron chi connectivity index (χ3n) is 6.39. The van der Waals surface area contributed by atoms with Gasteiger partial charge in [0.2, 0.25) is 5.91 Å². The molecule has 1 aliphatic heterocycles. The Hall–Kier alpha value is -3.97. The summed E-state index contributed by atoms with van der Waals surface area (Å²) in [5.74, 6) is -0.644. The van der Waals surface area contributed by atoms with Gasteiger partial charge in [-0.1, -0.05) is 80.6 Å². The van der Waals surface area contributed by atoms with Crippen molar-refractivity contribution in [2.24, 2.45) is 5.10 Å². The number of rotatable bonds is 9. The van der Waals surface area contributed by atoms with Gasteiger partial charge in [-0.15, -0.1) is 0 Å². The molecule has 7 nitrogen and oxygen atoms in total. The fourth-order valence-corrected chi connectivity index (χ4v) is 4.71.